The molecule has 8 heteroatoms. The minimum atomic E-state index is -0.678. The largest absolute Gasteiger partial charge is 0.469 e. The first-order valence-electron chi connectivity index (χ1n) is 8.59. The van der Waals surface area contributed by atoms with Gasteiger partial charge < -0.3 is 19.7 Å². The summed E-state index contributed by atoms with van der Waals surface area (Å²) in [5.74, 6) is -0.760. The van der Waals surface area contributed by atoms with Crippen LogP contribution >= 0.6 is 11.6 Å². The van der Waals surface area contributed by atoms with Crippen LogP contribution in [0.2, 0.25) is 5.02 Å². The number of alkyl carbamates (subject to hydrolysis) is 1. The molecule has 0 bridgehead atoms. The van der Waals surface area contributed by atoms with E-state index in [-0.39, 0.29) is 25.4 Å². The minimum Gasteiger partial charge on any atom is -0.469 e. The fourth-order valence-electron chi connectivity index (χ4n) is 2.27. The van der Waals surface area contributed by atoms with E-state index in [4.69, 9.17) is 16.3 Å². The quantitative estimate of drug-likeness (QED) is 0.713. The summed E-state index contributed by atoms with van der Waals surface area (Å²) in [7, 11) is 1.30. The van der Waals surface area contributed by atoms with Gasteiger partial charge in [0.1, 0.15) is 12.1 Å². The highest BCUT2D eigenvalue weighted by atomic mass is 35.5. The molecule has 27 heavy (non-hydrogen) atoms. The van der Waals surface area contributed by atoms with Crippen molar-refractivity contribution in [2.45, 2.75) is 52.3 Å². The molecule has 1 atom stereocenters. The number of methoxy groups -OCH3 is 1. The molecule has 1 rings (SSSR count). The summed E-state index contributed by atoms with van der Waals surface area (Å²) in [6.45, 7) is 6.98. The maximum atomic E-state index is 12.7. The molecule has 0 aliphatic rings. The molecular formula is C19H27ClN2O5. The summed E-state index contributed by atoms with van der Waals surface area (Å²) in [5, 5.41) is 3.04. The Hall–Kier alpha value is -2.28. The van der Waals surface area contributed by atoms with E-state index in [1.54, 1.807) is 52.0 Å². The minimum absolute atomic E-state index is 0.0439. The van der Waals surface area contributed by atoms with Crippen molar-refractivity contribution < 1.29 is 23.9 Å². The smallest absolute Gasteiger partial charge is 0.408 e. The number of carbonyl (C=O) groups excluding carboxylic acids is 3. The molecule has 0 aliphatic carbocycles. The third kappa shape index (κ3) is 8.77. The van der Waals surface area contributed by atoms with Crippen LogP contribution in [0.3, 0.4) is 0 Å². The Morgan fingerprint density at radius 2 is 1.78 bits per heavy atom. The summed E-state index contributed by atoms with van der Waals surface area (Å²) in [6, 6.07) is 6.64. The zero-order valence-electron chi connectivity index (χ0n) is 16.4. The van der Waals surface area contributed by atoms with E-state index < -0.39 is 23.7 Å². The van der Waals surface area contributed by atoms with Gasteiger partial charge in [0.2, 0.25) is 5.91 Å². The number of ether oxygens (including phenoxy) is 2. The van der Waals surface area contributed by atoms with E-state index in [1.165, 1.54) is 12.0 Å². The molecule has 0 heterocycles. The molecule has 7 nitrogen and oxygen atoms in total. The third-order valence-electron chi connectivity index (χ3n) is 3.59. The monoisotopic (exact) mass is 398 g/mol. The Bertz CT molecular complexity index is 655. The number of rotatable bonds is 7. The predicted octanol–water partition coefficient (Wildman–Crippen LogP) is 3.14. The lowest BCUT2D eigenvalue weighted by Gasteiger charge is -2.29. The number of hydrogen-bond donors (Lipinski definition) is 1. The van der Waals surface area contributed by atoms with Crippen LogP contribution in [-0.4, -0.2) is 48.2 Å². The van der Waals surface area contributed by atoms with Crippen LogP contribution in [0.5, 0.6) is 0 Å². The topological polar surface area (TPSA) is 84.9 Å². The highest BCUT2D eigenvalue weighted by Crippen LogP contribution is 2.15. The molecule has 0 spiro atoms. The van der Waals surface area contributed by atoms with Gasteiger partial charge in [0.05, 0.1) is 13.5 Å². The summed E-state index contributed by atoms with van der Waals surface area (Å²) in [5.41, 5.74) is 0.190. The molecule has 0 saturated carbocycles. The summed E-state index contributed by atoms with van der Waals surface area (Å²) < 4.78 is 9.82. The number of halogens is 1. The first-order valence-corrected chi connectivity index (χ1v) is 8.97. The van der Waals surface area contributed by atoms with Gasteiger partial charge in [0.25, 0.3) is 0 Å². The van der Waals surface area contributed by atoms with Gasteiger partial charge in [-0.15, -0.1) is 0 Å². The fourth-order valence-corrected chi connectivity index (χ4v) is 2.40. The van der Waals surface area contributed by atoms with Crippen molar-refractivity contribution in [2.75, 3.05) is 13.7 Å². The van der Waals surface area contributed by atoms with Crippen LogP contribution in [0.25, 0.3) is 0 Å². The van der Waals surface area contributed by atoms with Crippen molar-refractivity contribution in [3.05, 3.63) is 34.9 Å². The molecule has 0 radical (unpaired) electrons. The average molecular weight is 399 g/mol. The third-order valence-corrected chi connectivity index (χ3v) is 3.84. The first-order chi connectivity index (χ1) is 12.5. The van der Waals surface area contributed by atoms with Crippen molar-refractivity contribution >= 4 is 29.6 Å². The number of carbonyl (C=O) groups is 3. The van der Waals surface area contributed by atoms with Gasteiger partial charge in [-0.1, -0.05) is 23.7 Å². The lowest BCUT2D eigenvalue weighted by Crippen LogP contribution is -2.45. The van der Waals surface area contributed by atoms with Crippen LogP contribution in [-0.2, 0) is 25.6 Å². The van der Waals surface area contributed by atoms with Crippen molar-refractivity contribution in [1.29, 1.82) is 0 Å². The lowest BCUT2D eigenvalue weighted by molar-refractivity contribution is -0.143. The normalized spacial score (nSPS) is 12.1. The maximum Gasteiger partial charge on any atom is 0.408 e. The molecule has 0 aliphatic heterocycles. The number of nitrogens with one attached hydrogen (secondary N) is 1. The maximum absolute atomic E-state index is 12.7. The van der Waals surface area contributed by atoms with E-state index in [2.05, 4.69) is 10.1 Å². The second-order valence-corrected chi connectivity index (χ2v) is 7.57. The van der Waals surface area contributed by atoms with Gasteiger partial charge in [-0.2, -0.15) is 0 Å². The molecule has 1 aromatic rings. The van der Waals surface area contributed by atoms with Gasteiger partial charge in [-0.3, -0.25) is 9.59 Å². The van der Waals surface area contributed by atoms with Gasteiger partial charge in [0.15, 0.2) is 0 Å². The predicted molar refractivity (Wildman–Crippen MR) is 102 cm³/mol. The summed E-state index contributed by atoms with van der Waals surface area (Å²) in [4.78, 5) is 37.6. The SMILES string of the molecule is COC(=O)C[C@@H](C)N(Cc1ccc(Cl)cc1)C(=O)CNC(=O)OC(C)(C)C. The molecule has 1 aromatic carbocycles. The molecule has 1 N–H and O–H groups in total. The average Bonchev–Trinajstić information content (AvgIpc) is 2.57. The first kappa shape index (κ1) is 22.8. The molecule has 0 aromatic heterocycles. The number of nitrogens with zero attached hydrogens (tertiary/aromatic N) is 1. The summed E-state index contributed by atoms with van der Waals surface area (Å²) >= 11 is 5.90. The Morgan fingerprint density at radius 1 is 1.19 bits per heavy atom. The molecule has 150 valence electrons. The number of amides is 2. The van der Waals surface area contributed by atoms with E-state index in [0.717, 1.165) is 5.56 Å². The van der Waals surface area contributed by atoms with Crippen molar-refractivity contribution in [2.24, 2.45) is 0 Å². The van der Waals surface area contributed by atoms with E-state index in [1.807, 2.05) is 0 Å². The van der Waals surface area contributed by atoms with E-state index in [0.29, 0.717) is 5.02 Å². The van der Waals surface area contributed by atoms with Crippen LogP contribution < -0.4 is 5.32 Å². The standard InChI is InChI=1S/C19H27ClN2O5/c1-13(10-17(24)26-5)22(12-14-6-8-15(20)9-7-14)16(23)11-21-18(25)27-19(2,3)4/h6-9,13H,10-12H2,1-5H3,(H,21,25)/t13-/m1/s1. The number of hydrogen-bond acceptors (Lipinski definition) is 5. The highest BCUT2D eigenvalue weighted by Gasteiger charge is 2.24. The van der Waals surface area contributed by atoms with Crippen LogP contribution in [0.4, 0.5) is 4.79 Å². The lowest BCUT2D eigenvalue weighted by atomic mass is 10.1. The van der Waals surface area contributed by atoms with Crippen molar-refractivity contribution in [3.63, 3.8) is 0 Å². The van der Waals surface area contributed by atoms with Gasteiger partial charge in [0, 0.05) is 17.6 Å². The molecular weight excluding hydrogens is 372 g/mol. The molecule has 0 unspecified atom stereocenters. The summed E-state index contributed by atoms with van der Waals surface area (Å²) in [6.07, 6.45) is -0.634. The van der Waals surface area contributed by atoms with Crippen molar-refractivity contribution in [3.8, 4) is 0 Å². The van der Waals surface area contributed by atoms with Gasteiger partial charge in [-0.25, -0.2) is 4.79 Å². The molecule has 0 fully saturated rings. The number of benzene rings is 1. The number of esters is 1. The Labute approximate surface area is 165 Å². The second-order valence-electron chi connectivity index (χ2n) is 7.13. The molecule has 0 saturated heterocycles. The zero-order chi connectivity index (χ0) is 20.6. The fraction of sp³-hybridized carbons (Fsp3) is 0.526. The van der Waals surface area contributed by atoms with Crippen LogP contribution in [0, 0.1) is 0 Å². The van der Waals surface area contributed by atoms with Gasteiger partial charge in [-0.05, 0) is 45.4 Å². The molecule has 2 amide bonds. The Kier molecular flexibility index (Phi) is 8.56. The zero-order valence-corrected chi connectivity index (χ0v) is 17.1. The Morgan fingerprint density at radius 3 is 2.30 bits per heavy atom. The van der Waals surface area contributed by atoms with Crippen molar-refractivity contribution in [1.82, 2.24) is 10.2 Å². The van der Waals surface area contributed by atoms with Crippen LogP contribution in [0.1, 0.15) is 39.7 Å². The Balaban J connectivity index is 2.82. The van der Waals surface area contributed by atoms with E-state index >= 15 is 0 Å². The van der Waals surface area contributed by atoms with Gasteiger partial charge >= 0.3 is 12.1 Å². The second kappa shape index (κ2) is 10.2. The highest BCUT2D eigenvalue weighted by molar-refractivity contribution is 6.30. The van der Waals surface area contributed by atoms with Crippen LogP contribution in [0.15, 0.2) is 24.3 Å². The van der Waals surface area contributed by atoms with E-state index in [9.17, 15) is 14.4 Å².